The Morgan fingerprint density at radius 1 is 1.33 bits per heavy atom. The van der Waals surface area contributed by atoms with E-state index in [0.717, 1.165) is 0 Å². The molecule has 2 aliphatic rings. The number of carbonyl (C=O) groups is 1. The Morgan fingerprint density at radius 3 is 2.70 bits per heavy atom. The first kappa shape index (κ1) is 18.1. The van der Waals surface area contributed by atoms with Crippen LogP contribution in [0.4, 0.5) is 13.2 Å². The number of likely N-dealkylation sites (tertiary alicyclic amines) is 1. The molecule has 1 aromatic heterocycles. The number of nitrogens with zero attached hydrogens (tertiary/aromatic N) is 1. The number of rotatable bonds is 2. The number of alkyl halides is 3. The van der Waals surface area contributed by atoms with E-state index in [1.54, 1.807) is 11.0 Å². The van der Waals surface area contributed by atoms with Crippen molar-refractivity contribution in [2.45, 2.75) is 38.0 Å². The van der Waals surface area contributed by atoms with Gasteiger partial charge in [0.15, 0.2) is 5.79 Å². The van der Waals surface area contributed by atoms with Crippen molar-refractivity contribution < 1.29 is 32.2 Å². The number of H-pyrrole nitrogens is 1. The molecular weight excluding hydrogens is 365 g/mol. The van der Waals surface area contributed by atoms with Crippen LogP contribution in [-0.2, 0) is 9.47 Å². The van der Waals surface area contributed by atoms with Crippen LogP contribution >= 0.6 is 0 Å². The second kappa shape index (κ2) is 6.42. The van der Waals surface area contributed by atoms with Crippen molar-refractivity contribution >= 4 is 16.8 Å². The van der Waals surface area contributed by atoms with Crippen LogP contribution in [0.15, 0.2) is 24.3 Å². The van der Waals surface area contributed by atoms with E-state index in [1.807, 2.05) is 6.92 Å². The Hall–Kier alpha value is -2.26. The maximum absolute atomic E-state index is 12.8. The average molecular weight is 384 g/mol. The largest absolute Gasteiger partial charge is 0.573 e. The third-order valence-electron chi connectivity index (χ3n) is 4.89. The molecule has 146 valence electrons. The highest BCUT2D eigenvalue weighted by Gasteiger charge is 2.43. The number of hydrogen-bond acceptors (Lipinski definition) is 4. The third-order valence-corrected chi connectivity index (χ3v) is 4.89. The van der Waals surface area contributed by atoms with Crippen LogP contribution in [0.1, 0.15) is 30.3 Å². The van der Waals surface area contributed by atoms with Gasteiger partial charge in [-0.3, -0.25) is 4.79 Å². The van der Waals surface area contributed by atoms with Gasteiger partial charge in [0.25, 0.3) is 5.91 Å². The molecule has 0 bridgehead atoms. The second-order valence-electron chi connectivity index (χ2n) is 6.89. The molecule has 2 aromatic rings. The Labute approximate surface area is 153 Å². The lowest BCUT2D eigenvalue weighted by Gasteiger charge is -2.37. The van der Waals surface area contributed by atoms with Crippen molar-refractivity contribution in [2.75, 3.05) is 19.7 Å². The summed E-state index contributed by atoms with van der Waals surface area (Å²) in [5, 5.41) is 0.211. The van der Waals surface area contributed by atoms with Crippen molar-refractivity contribution in [3.05, 3.63) is 30.0 Å². The molecule has 2 fully saturated rings. The number of halogens is 3. The predicted octanol–water partition coefficient (Wildman–Crippen LogP) is 3.43. The summed E-state index contributed by atoms with van der Waals surface area (Å²) in [4.78, 5) is 17.3. The van der Waals surface area contributed by atoms with Crippen molar-refractivity contribution in [3.63, 3.8) is 0 Å². The van der Waals surface area contributed by atoms with Crippen LogP contribution in [0.25, 0.3) is 10.9 Å². The third kappa shape index (κ3) is 3.61. The maximum Gasteiger partial charge on any atom is 0.573 e. The van der Waals surface area contributed by atoms with E-state index in [9.17, 15) is 18.0 Å². The van der Waals surface area contributed by atoms with Gasteiger partial charge < -0.3 is 24.1 Å². The molecule has 4 rings (SSSR count). The van der Waals surface area contributed by atoms with Crippen molar-refractivity contribution in [1.82, 2.24) is 9.88 Å². The Morgan fingerprint density at radius 2 is 2.07 bits per heavy atom. The van der Waals surface area contributed by atoms with E-state index in [0.29, 0.717) is 38.1 Å². The van der Waals surface area contributed by atoms with Gasteiger partial charge in [0, 0.05) is 36.8 Å². The van der Waals surface area contributed by atoms with Crippen LogP contribution in [0.5, 0.6) is 5.75 Å². The van der Waals surface area contributed by atoms with Crippen LogP contribution in [-0.4, -0.2) is 53.7 Å². The molecule has 1 atom stereocenters. The smallest absolute Gasteiger partial charge is 0.405 e. The summed E-state index contributed by atoms with van der Waals surface area (Å²) in [6.07, 6.45) is -3.64. The summed E-state index contributed by atoms with van der Waals surface area (Å²) in [5.74, 6) is -1.23. The molecular formula is C18H19F3N2O4. The molecule has 0 saturated carbocycles. The number of aromatic amines is 1. The Bertz CT molecular complexity index is 856. The number of nitrogens with one attached hydrogen (secondary N) is 1. The lowest BCUT2D eigenvalue weighted by molar-refractivity contribution is -0.274. The molecule has 1 spiro atoms. The molecule has 0 radical (unpaired) electrons. The number of benzene rings is 1. The summed E-state index contributed by atoms with van der Waals surface area (Å²) in [6, 6.07) is 5.66. The van der Waals surface area contributed by atoms with Gasteiger partial charge in [0.05, 0.1) is 12.7 Å². The maximum atomic E-state index is 12.8. The standard InChI is InChI=1S/C18H19F3N2O4/c1-11-10-25-17(26-11)5-7-23(8-6-17)16(24)14-9-12-13(22-14)3-2-4-15(12)27-18(19,20)21/h2-4,9,11,22H,5-8,10H2,1H3/t11-/m0/s1. The van der Waals surface area contributed by atoms with Gasteiger partial charge in [-0.25, -0.2) is 0 Å². The van der Waals surface area contributed by atoms with Gasteiger partial charge in [0.1, 0.15) is 11.4 Å². The quantitative estimate of drug-likeness (QED) is 0.862. The van der Waals surface area contributed by atoms with Gasteiger partial charge in [-0.15, -0.1) is 13.2 Å². The fourth-order valence-corrected chi connectivity index (χ4v) is 3.64. The molecule has 2 saturated heterocycles. The summed E-state index contributed by atoms with van der Waals surface area (Å²) in [7, 11) is 0. The van der Waals surface area contributed by atoms with Gasteiger partial charge in [-0.05, 0) is 25.1 Å². The van der Waals surface area contributed by atoms with Crippen molar-refractivity contribution in [2.24, 2.45) is 0 Å². The lowest BCUT2D eigenvalue weighted by Crippen LogP contribution is -2.47. The van der Waals surface area contributed by atoms with E-state index in [-0.39, 0.29) is 28.8 Å². The van der Waals surface area contributed by atoms with Crippen LogP contribution < -0.4 is 4.74 Å². The first-order chi connectivity index (χ1) is 12.7. The van der Waals surface area contributed by atoms with Crippen LogP contribution in [0.3, 0.4) is 0 Å². The summed E-state index contributed by atoms with van der Waals surface area (Å²) in [5.41, 5.74) is 0.630. The minimum atomic E-state index is -4.80. The van der Waals surface area contributed by atoms with Gasteiger partial charge in [0.2, 0.25) is 0 Å². The highest BCUT2D eigenvalue weighted by atomic mass is 19.4. The Balaban J connectivity index is 1.51. The van der Waals surface area contributed by atoms with Gasteiger partial charge in [-0.2, -0.15) is 0 Å². The van der Waals surface area contributed by atoms with Crippen LogP contribution in [0.2, 0.25) is 0 Å². The molecule has 0 aliphatic carbocycles. The molecule has 1 N–H and O–H groups in total. The van der Waals surface area contributed by atoms with Crippen LogP contribution in [0, 0.1) is 0 Å². The molecule has 0 unspecified atom stereocenters. The van der Waals surface area contributed by atoms with E-state index in [2.05, 4.69) is 9.72 Å². The number of aromatic nitrogens is 1. The number of fused-ring (bicyclic) bond motifs is 1. The highest BCUT2D eigenvalue weighted by Crippen LogP contribution is 2.35. The monoisotopic (exact) mass is 384 g/mol. The zero-order valence-corrected chi connectivity index (χ0v) is 14.6. The molecule has 27 heavy (non-hydrogen) atoms. The number of carbonyl (C=O) groups excluding carboxylic acids is 1. The lowest BCUT2D eigenvalue weighted by atomic mass is 10.0. The first-order valence-corrected chi connectivity index (χ1v) is 8.73. The van der Waals surface area contributed by atoms with E-state index < -0.39 is 12.1 Å². The first-order valence-electron chi connectivity index (χ1n) is 8.73. The zero-order valence-electron chi connectivity index (χ0n) is 14.6. The minimum absolute atomic E-state index is 0.0352. The van der Waals surface area contributed by atoms with Crippen molar-refractivity contribution in [3.8, 4) is 5.75 Å². The fraction of sp³-hybridized carbons (Fsp3) is 0.500. The molecule has 6 nitrogen and oxygen atoms in total. The van der Waals surface area contributed by atoms with Gasteiger partial charge >= 0.3 is 6.36 Å². The average Bonchev–Trinajstić information content (AvgIpc) is 3.19. The number of piperidine rings is 1. The molecule has 1 amide bonds. The van der Waals surface area contributed by atoms with E-state index >= 15 is 0 Å². The van der Waals surface area contributed by atoms with Gasteiger partial charge in [-0.1, -0.05) is 6.07 Å². The van der Waals surface area contributed by atoms with Crippen molar-refractivity contribution in [1.29, 1.82) is 0 Å². The molecule has 2 aliphatic heterocycles. The number of amides is 1. The number of ether oxygens (including phenoxy) is 3. The van der Waals surface area contributed by atoms with E-state index in [1.165, 1.54) is 18.2 Å². The predicted molar refractivity (Wildman–Crippen MR) is 89.3 cm³/mol. The number of hydrogen-bond donors (Lipinski definition) is 1. The summed E-state index contributed by atoms with van der Waals surface area (Å²) >= 11 is 0. The topological polar surface area (TPSA) is 63.8 Å². The normalized spacial score (nSPS) is 22.5. The minimum Gasteiger partial charge on any atom is -0.405 e. The SMILES string of the molecule is C[C@H]1COC2(CCN(C(=O)c3cc4c(OC(F)(F)F)cccc4[nH]3)CC2)O1. The molecule has 9 heteroatoms. The molecule has 3 heterocycles. The second-order valence-corrected chi connectivity index (χ2v) is 6.89. The highest BCUT2D eigenvalue weighted by molar-refractivity contribution is 5.99. The summed E-state index contributed by atoms with van der Waals surface area (Å²) in [6.45, 7) is 3.38. The zero-order chi connectivity index (χ0) is 19.2. The molecule has 1 aromatic carbocycles. The van der Waals surface area contributed by atoms with E-state index in [4.69, 9.17) is 9.47 Å². The Kier molecular flexibility index (Phi) is 4.31. The summed E-state index contributed by atoms with van der Waals surface area (Å²) < 4.78 is 53.3. The fourth-order valence-electron chi connectivity index (χ4n) is 3.64.